The van der Waals surface area contributed by atoms with Crippen molar-refractivity contribution in [3.63, 3.8) is 0 Å². The van der Waals surface area contributed by atoms with Gasteiger partial charge in [0.1, 0.15) is 12.6 Å². The quantitative estimate of drug-likeness (QED) is 0.104. The van der Waals surface area contributed by atoms with E-state index >= 15 is 0 Å². The van der Waals surface area contributed by atoms with Crippen LogP contribution >= 0.6 is 0 Å². The third-order valence-corrected chi connectivity index (χ3v) is 7.90. The Morgan fingerprint density at radius 3 is 2.52 bits per heavy atom. The van der Waals surface area contributed by atoms with Crippen LogP contribution in [0.5, 0.6) is 0 Å². The first-order valence-electron chi connectivity index (χ1n) is 15.0. The Morgan fingerprint density at radius 2 is 1.81 bits per heavy atom. The van der Waals surface area contributed by atoms with Gasteiger partial charge in [0.25, 0.3) is 6.43 Å². The molecular formula is C34H42F2N4O2. The number of anilines is 3. The molecule has 0 atom stereocenters. The SMILES string of the molecule is C/C(C=O)=C/c1c(N(C)C)cccc1N1CCCc2cc(-c3cnn(CCCCCCCCC=O)c3)c(C(F)F)cc21. The Kier molecular flexibility index (Phi) is 11.0. The van der Waals surface area contributed by atoms with Crippen molar-refractivity contribution < 1.29 is 18.4 Å². The second-order valence-corrected chi connectivity index (χ2v) is 11.3. The molecule has 2 heterocycles. The van der Waals surface area contributed by atoms with Gasteiger partial charge in [-0.05, 0) is 79.6 Å². The lowest BCUT2D eigenvalue weighted by Gasteiger charge is -2.34. The highest BCUT2D eigenvalue weighted by Gasteiger charge is 2.26. The minimum absolute atomic E-state index is 0.000419. The Bertz CT molecular complexity index is 1400. The van der Waals surface area contributed by atoms with Crippen molar-refractivity contribution in [2.75, 3.05) is 30.4 Å². The smallest absolute Gasteiger partial charge is 0.264 e. The lowest BCUT2D eigenvalue weighted by Crippen LogP contribution is -2.26. The maximum atomic E-state index is 14.6. The maximum Gasteiger partial charge on any atom is 0.264 e. The van der Waals surface area contributed by atoms with Crippen LogP contribution in [0.2, 0.25) is 0 Å². The van der Waals surface area contributed by atoms with Gasteiger partial charge in [-0.15, -0.1) is 0 Å². The lowest BCUT2D eigenvalue weighted by molar-refractivity contribution is -0.108. The molecule has 8 heteroatoms. The van der Waals surface area contributed by atoms with Gasteiger partial charge in [-0.25, -0.2) is 8.78 Å². The van der Waals surface area contributed by atoms with Crippen molar-refractivity contribution >= 4 is 35.7 Å². The zero-order chi connectivity index (χ0) is 30.1. The van der Waals surface area contributed by atoms with Gasteiger partial charge in [0.2, 0.25) is 0 Å². The number of rotatable bonds is 15. The number of unbranched alkanes of at least 4 members (excludes halogenated alkanes) is 6. The molecule has 0 saturated heterocycles. The molecule has 224 valence electrons. The fourth-order valence-corrected chi connectivity index (χ4v) is 5.74. The lowest BCUT2D eigenvalue weighted by atomic mass is 9.92. The Hall–Kier alpha value is -3.81. The average Bonchev–Trinajstić information content (AvgIpc) is 3.46. The number of hydrogen-bond donors (Lipinski definition) is 0. The van der Waals surface area contributed by atoms with Crippen LogP contribution in [0.3, 0.4) is 0 Å². The number of halogens is 2. The van der Waals surface area contributed by atoms with Crippen molar-refractivity contribution in [1.82, 2.24) is 9.78 Å². The average molecular weight is 577 g/mol. The van der Waals surface area contributed by atoms with E-state index in [1.165, 1.54) is 0 Å². The molecule has 1 aliphatic heterocycles. The van der Waals surface area contributed by atoms with E-state index in [2.05, 4.69) is 10.00 Å². The van der Waals surface area contributed by atoms with E-state index < -0.39 is 6.43 Å². The van der Waals surface area contributed by atoms with Gasteiger partial charge < -0.3 is 14.6 Å². The Labute approximate surface area is 248 Å². The fourth-order valence-electron chi connectivity index (χ4n) is 5.74. The van der Waals surface area contributed by atoms with Gasteiger partial charge in [-0.2, -0.15) is 5.10 Å². The minimum Gasteiger partial charge on any atom is -0.377 e. The van der Waals surface area contributed by atoms with Gasteiger partial charge in [-0.3, -0.25) is 9.48 Å². The molecule has 6 nitrogen and oxygen atoms in total. The van der Waals surface area contributed by atoms with Crippen LogP contribution in [0.25, 0.3) is 17.2 Å². The number of aromatic nitrogens is 2. The van der Waals surface area contributed by atoms with Crippen LogP contribution in [0, 0.1) is 0 Å². The molecule has 0 fully saturated rings. The van der Waals surface area contributed by atoms with E-state index in [0.717, 1.165) is 98.7 Å². The van der Waals surface area contributed by atoms with Gasteiger partial charge >= 0.3 is 0 Å². The summed E-state index contributed by atoms with van der Waals surface area (Å²) in [7, 11) is 3.91. The van der Waals surface area contributed by atoms with Gasteiger partial charge in [0.05, 0.1) is 11.9 Å². The third kappa shape index (κ3) is 7.52. The number of aryl methyl sites for hydroxylation is 2. The summed E-state index contributed by atoms with van der Waals surface area (Å²) in [6, 6.07) is 9.54. The number of benzene rings is 2. The summed E-state index contributed by atoms with van der Waals surface area (Å²) < 4.78 is 31.0. The van der Waals surface area contributed by atoms with E-state index in [9.17, 15) is 18.4 Å². The fraction of sp³-hybridized carbons (Fsp3) is 0.441. The molecule has 0 aliphatic carbocycles. The number of aldehydes is 2. The number of alkyl halides is 2. The first-order valence-corrected chi connectivity index (χ1v) is 15.0. The zero-order valence-electron chi connectivity index (χ0n) is 25.0. The molecule has 0 saturated carbocycles. The van der Waals surface area contributed by atoms with Crippen LogP contribution in [-0.2, 0) is 22.6 Å². The predicted molar refractivity (Wildman–Crippen MR) is 167 cm³/mol. The van der Waals surface area contributed by atoms with Crippen molar-refractivity contribution in [1.29, 1.82) is 0 Å². The van der Waals surface area contributed by atoms with Gasteiger partial charge in [-0.1, -0.05) is 31.7 Å². The van der Waals surface area contributed by atoms with Crippen LogP contribution in [-0.4, -0.2) is 43.0 Å². The molecule has 2 aromatic carbocycles. The molecule has 1 aliphatic rings. The van der Waals surface area contributed by atoms with E-state index in [1.807, 2.05) is 60.2 Å². The summed E-state index contributed by atoms with van der Waals surface area (Å²) in [5, 5.41) is 4.48. The number of carbonyl (C=O) groups excluding carboxylic acids is 2. The zero-order valence-corrected chi connectivity index (χ0v) is 25.0. The molecule has 0 N–H and O–H groups in total. The third-order valence-electron chi connectivity index (χ3n) is 7.90. The van der Waals surface area contributed by atoms with Crippen LogP contribution < -0.4 is 9.80 Å². The first kappa shape index (κ1) is 31.1. The van der Waals surface area contributed by atoms with Crippen LogP contribution in [0.1, 0.15) is 81.4 Å². The van der Waals surface area contributed by atoms with Crippen LogP contribution in [0.4, 0.5) is 25.8 Å². The molecule has 0 unspecified atom stereocenters. The van der Waals surface area contributed by atoms with Crippen molar-refractivity contribution in [2.24, 2.45) is 0 Å². The maximum absolute atomic E-state index is 14.6. The van der Waals surface area contributed by atoms with E-state index in [-0.39, 0.29) is 5.56 Å². The summed E-state index contributed by atoms with van der Waals surface area (Å²) in [4.78, 5) is 26.0. The molecule has 0 amide bonds. The highest BCUT2D eigenvalue weighted by atomic mass is 19.3. The first-order chi connectivity index (χ1) is 20.3. The molecule has 42 heavy (non-hydrogen) atoms. The number of allylic oxidation sites excluding steroid dienone is 1. The summed E-state index contributed by atoms with van der Waals surface area (Å²) >= 11 is 0. The van der Waals surface area contributed by atoms with E-state index in [0.29, 0.717) is 29.7 Å². The summed E-state index contributed by atoms with van der Waals surface area (Å²) in [5.74, 6) is 0. The Balaban J connectivity index is 1.60. The predicted octanol–water partition coefficient (Wildman–Crippen LogP) is 8.17. The van der Waals surface area contributed by atoms with Crippen molar-refractivity contribution in [3.8, 4) is 11.1 Å². The van der Waals surface area contributed by atoms with Gasteiger partial charge in [0, 0.05) is 67.9 Å². The molecule has 0 bridgehead atoms. The largest absolute Gasteiger partial charge is 0.377 e. The highest BCUT2D eigenvalue weighted by Crippen LogP contribution is 2.43. The number of hydrogen-bond acceptors (Lipinski definition) is 5. The standard InChI is InChI=1S/C34H42F2N4O2/c1-25(24-42)19-30-31(38(2)3)14-11-15-32(30)40-17-12-13-26-20-28(29(34(35)36)21-33(26)40)27-22-37-39(23-27)16-9-7-5-4-6-8-10-18-41/h11,14-15,18-24,34H,4-10,12-13,16-17H2,1-3H3/b25-19-. The van der Waals surface area contributed by atoms with Crippen LogP contribution in [0.15, 0.2) is 48.3 Å². The number of carbonyl (C=O) groups is 2. The molecule has 3 aromatic rings. The van der Waals surface area contributed by atoms with E-state index in [1.54, 1.807) is 19.2 Å². The highest BCUT2D eigenvalue weighted by molar-refractivity contribution is 5.90. The molecular weight excluding hydrogens is 534 g/mol. The van der Waals surface area contributed by atoms with Gasteiger partial charge in [0.15, 0.2) is 0 Å². The van der Waals surface area contributed by atoms with E-state index in [4.69, 9.17) is 0 Å². The minimum atomic E-state index is -2.64. The normalized spacial score (nSPS) is 13.4. The number of nitrogens with zero attached hydrogens (tertiary/aromatic N) is 4. The van der Waals surface area contributed by atoms with Crippen molar-refractivity contribution in [2.45, 2.75) is 77.7 Å². The number of fused-ring (bicyclic) bond motifs is 1. The second kappa shape index (κ2) is 14.9. The molecule has 1 aromatic heterocycles. The molecule has 0 radical (unpaired) electrons. The summed E-state index contributed by atoms with van der Waals surface area (Å²) in [5.41, 5.74) is 6.40. The van der Waals surface area contributed by atoms with Crippen molar-refractivity contribution in [3.05, 3.63) is 65.0 Å². The summed E-state index contributed by atoms with van der Waals surface area (Å²) in [6.45, 7) is 3.21. The molecule has 0 spiro atoms. The monoisotopic (exact) mass is 576 g/mol. The summed E-state index contributed by atoms with van der Waals surface area (Å²) in [6.07, 6.45) is 13.3. The molecule has 4 rings (SSSR count). The Morgan fingerprint density at radius 1 is 1.05 bits per heavy atom. The second-order valence-electron chi connectivity index (χ2n) is 11.3. The topological polar surface area (TPSA) is 58.4 Å².